The van der Waals surface area contributed by atoms with Crippen molar-refractivity contribution in [2.75, 3.05) is 13.1 Å². The van der Waals surface area contributed by atoms with E-state index in [2.05, 4.69) is 10.1 Å². The molecule has 1 aromatic carbocycles. The molecule has 0 saturated carbocycles. The maximum Gasteiger partial charge on any atom is 0.573 e. The van der Waals surface area contributed by atoms with Crippen LogP contribution in [0.5, 0.6) is 5.75 Å². The maximum absolute atomic E-state index is 13.8. The summed E-state index contributed by atoms with van der Waals surface area (Å²) in [5, 5.41) is 3.16. The average molecular weight is 329 g/mol. The number of ether oxygens (including phenoxy) is 1. The van der Waals surface area contributed by atoms with Crippen LogP contribution in [-0.2, 0) is 0 Å². The average Bonchev–Trinajstić information content (AvgIpc) is 2.40. The standard InChI is InChI=1S/C13H16F4N2O.ClH/c14-11-2-1-9(20-13(15,16)17)7-10(11)12(18)8-3-5-19-6-4-8;/h1-2,7-8,12,19H,3-6,18H2;1H/t12-;/m1./s1. The van der Waals surface area contributed by atoms with Crippen LogP contribution in [0.15, 0.2) is 18.2 Å². The smallest absolute Gasteiger partial charge is 0.406 e. The third-order valence-electron chi connectivity index (χ3n) is 3.45. The Morgan fingerprint density at radius 2 is 1.86 bits per heavy atom. The number of rotatable bonds is 3. The minimum absolute atomic E-state index is 0. The molecule has 0 aliphatic carbocycles. The molecule has 1 aromatic rings. The summed E-state index contributed by atoms with van der Waals surface area (Å²) in [7, 11) is 0. The van der Waals surface area contributed by atoms with E-state index in [0.29, 0.717) is 0 Å². The molecule has 3 N–H and O–H groups in total. The van der Waals surface area contributed by atoms with Crippen molar-refractivity contribution in [2.24, 2.45) is 11.7 Å². The van der Waals surface area contributed by atoms with Crippen molar-refractivity contribution in [2.45, 2.75) is 25.2 Å². The van der Waals surface area contributed by atoms with E-state index < -0.39 is 24.0 Å². The van der Waals surface area contributed by atoms with Crippen LogP contribution < -0.4 is 15.8 Å². The predicted molar refractivity (Wildman–Crippen MR) is 72.9 cm³/mol. The first-order chi connectivity index (χ1) is 9.37. The number of nitrogens with one attached hydrogen (secondary N) is 1. The fourth-order valence-corrected chi connectivity index (χ4v) is 2.43. The minimum atomic E-state index is -4.80. The van der Waals surface area contributed by atoms with Crippen LogP contribution in [0.4, 0.5) is 17.6 Å². The zero-order valence-electron chi connectivity index (χ0n) is 11.1. The molecule has 1 aliphatic rings. The summed E-state index contributed by atoms with van der Waals surface area (Å²) in [5.74, 6) is -1.00. The van der Waals surface area contributed by atoms with Gasteiger partial charge in [-0.05, 0) is 50.0 Å². The van der Waals surface area contributed by atoms with Crippen LogP contribution in [0.2, 0.25) is 0 Å². The van der Waals surface area contributed by atoms with Crippen molar-refractivity contribution in [1.82, 2.24) is 5.32 Å². The second-order valence-electron chi connectivity index (χ2n) is 4.84. The summed E-state index contributed by atoms with van der Waals surface area (Å²) in [6.07, 6.45) is -3.26. The zero-order chi connectivity index (χ0) is 14.8. The lowest BCUT2D eigenvalue weighted by molar-refractivity contribution is -0.274. The van der Waals surface area contributed by atoms with E-state index in [0.717, 1.165) is 44.1 Å². The fourth-order valence-electron chi connectivity index (χ4n) is 2.43. The van der Waals surface area contributed by atoms with Crippen LogP contribution >= 0.6 is 12.4 Å². The van der Waals surface area contributed by atoms with E-state index in [1.165, 1.54) is 0 Å². The van der Waals surface area contributed by atoms with Gasteiger partial charge in [0, 0.05) is 11.6 Å². The van der Waals surface area contributed by atoms with Crippen LogP contribution in [0.1, 0.15) is 24.4 Å². The molecule has 0 bridgehead atoms. The summed E-state index contributed by atoms with van der Waals surface area (Å²) in [4.78, 5) is 0. The van der Waals surface area contributed by atoms with Crippen molar-refractivity contribution in [1.29, 1.82) is 0 Å². The van der Waals surface area contributed by atoms with Crippen LogP contribution in [-0.4, -0.2) is 19.5 Å². The first-order valence-corrected chi connectivity index (χ1v) is 6.38. The number of alkyl halides is 3. The Morgan fingerprint density at radius 1 is 1.24 bits per heavy atom. The molecule has 1 aliphatic heterocycles. The summed E-state index contributed by atoms with van der Waals surface area (Å²) < 4.78 is 54.1. The number of benzene rings is 1. The highest BCUT2D eigenvalue weighted by atomic mass is 35.5. The van der Waals surface area contributed by atoms with Crippen molar-refractivity contribution in [3.63, 3.8) is 0 Å². The Hall–Kier alpha value is -1.05. The quantitative estimate of drug-likeness (QED) is 0.838. The molecule has 0 amide bonds. The predicted octanol–water partition coefficient (Wildman–Crippen LogP) is 3.15. The molecule has 21 heavy (non-hydrogen) atoms. The molecule has 1 heterocycles. The SMILES string of the molecule is Cl.N[C@@H](c1cc(OC(F)(F)F)ccc1F)C1CCNCC1. The molecule has 1 saturated heterocycles. The van der Waals surface area contributed by atoms with Gasteiger partial charge in [0.1, 0.15) is 11.6 Å². The van der Waals surface area contributed by atoms with Crippen molar-refractivity contribution < 1.29 is 22.3 Å². The summed E-state index contributed by atoms with van der Waals surface area (Å²) in [6.45, 7) is 1.55. The molecule has 3 nitrogen and oxygen atoms in total. The van der Waals surface area contributed by atoms with Crippen molar-refractivity contribution in [3.05, 3.63) is 29.6 Å². The van der Waals surface area contributed by atoms with Crippen LogP contribution in [0.3, 0.4) is 0 Å². The lowest BCUT2D eigenvalue weighted by Crippen LogP contribution is -2.34. The van der Waals surface area contributed by atoms with Crippen LogP contribution in [0, 0.1) is 11.7 Å². The first-order valence-electron chi connectivity index (χ1n) is 6.38. The largest absolute Gasteiger partial charge is 0.573 e. The van der Waals surface area contributed by atoms with Gasteiger partial charge in [0.15, 0.2) is 0 Å². The molecular weight excluding hydrogens is 312 g/mol. The van der Waals surface area contributed by atoms with E-state index in [1.54, 1.807) is 0 Å². The van der Waals surface area contributed by atoms with Gasteiger partial charge < -0.3 is 15.8 Å². The van der Waals surface area contributed by atoms with Gasteiger partial charge in [-0.3, -0.25) is 0 Å². The zero-order valence-corrected chi connectivity index (χ0v) is 11.9. The Morgan fingerprint density at radius 3 is 2.43 bits per heavy atom. The van der Waals surface area contributed by atoms with Gasteiger partial charge >= 0.3 is 6.36 Å². The molecular formula is C13H17ClF4N2O. The third-order valence-corrected chi connectivity index (χ3v) is 3.45. The molecule has 1 fully saturated rings. The Balaban J connectivity index is 0.00000220. The number of nitrogens with two attached hydrogens (primary N) is 1. The Labute approximate surface area is 126 Å². The summed E-state index contributed by atoms with van der Waals surface area (Å²) >= 11 is 0. The maximum atomic E-state index is 13.8. The number of piperidine rings is 1. The van der Waals surface area contributed by atoms with Crippen molar-refractivity contribution >= 4 is 12.4 Å². The Kier molecular flexibility index (Phi) is 6.24. The summed E-state index contributed by atoms with van der Waals surface area (Å²) in [5.41, 5.74) is 6.07. The normalized spacial score (nSPS) is 18.0. The molecule has 120 valence electrons. The van der Waals surface area contributed by atoms with E-state index >= 15 is 0 Å². The van der Waals surface area contributed by atoms with Gasteiger partial charge in [-0.1, -0.05) is 0 Å². The molecule has 1 atom stereocenters. The number of hydrogen-bond donors (Lipinski definition) is 2. The molecule has 0 spiro atoms. The molecule has 0 unspecified atom stereocenters. The van der Waals surface area contributed by atoms with Crippen molar-refractivity contribution in [3.8, 4) is 5.75 Å². The van der Waals surface area contributed by atoms with Gasteiger partial charge in [0.05, 0.1) is 0 Å². The lowest BCUT2D eigenvalue weighted by Gasteiger charge is -2.28. The monoisotopic (exact) mass is 328 g/mol. The van der Waals surface area contributed by atoms with Gasteiger partial charge in [0.2, 0.25) is 0 Å². The molecule has 2 rings (SSSR count). The van der Waals surface area contributed by atoms with Gasteiger partial charge in [-0.2, -0.15) is 0 Å². The topological polar surface area (TPSA) is 47.3 Å². The highest BCUT2D eigenvalue weighted by Gasteiger charge is 2.32. The highest BCUT2D eigenvalue weighted by Crippen LogP contribution is 2.32. The Bertz CT molecular complexity index is 464. The number of halogens is 5. The molecule has 0 aromatic heterocycles. The van der Waals surface area contributed by atoms with E-state index in [4.69, 9.17) is 5.73 Å². The number of hydrogen-bond acceptors (Lipinski definition) is 3. The second kappa shape index (κ2) is 7.29. The second-order valence-corrected chi connectivity index (χ2v) is 4.84. The van der Waals surface area contributed by atoms with Gasteiger partial charge in [-0.15, -0.1) is 25.6 Å². The van der Waals surface area contributed by atoms with E-state index in [-0.39, 0.29) is 23.9 Å². The van der Waals surface area contributed by atoms with E-state index in [9.17, 15) is 17.6 Å². The molecule has 8 heteroatoms. The lowest BCUT2D eigenvalue weighted by atomic mass is 9.86. The first kappa shape index (κ1) is 18.0. The van der Waals surface area contributed by atoms with Gasteiger partial charge in [0.25, 0.3) is 0 Å². The van der Waals surface area contributed by atoms with Crippen LogP contribution in [0.25, 0.3) is 0 Å². The molecule has 0 radical (unpaired) electrons. The minimum Gasteiger partial charge on any atom is -0.406 e. The summed E-state index contributed by atoms with van der Waals surface area (Å²) in [6, 6.07) is 2.31. The van der Waals surface area contributed by atoms with Gasteiger partial charge in [-0.25, -0.2) is 4.39 Å². The van der Waals surface area contributed by atoms with E-state index in [1.807, 2.05) is 0 Å². The third kappa shape index (κ3) is 5.01. The fraction of sp³-hybridized carbons (Fsp3) is 0.538. The highest BCUT2D eigenvalue weighted by molar-refractivity contribution is 5.85.